The van der Waals surface area contributed by atoms with Crippen molar-refractivity contribution in [2.24, 2.45) is 0 Å². The van der Waals surface area contributed by atoms with Gasteiger partial charge in [0.2, 0.25) is 6.10 Å². The Balaban J connectivity index is 1.73. The first-order valence-corrected chi connectivity index (χ1v) is 8.46. The van der Waals surface area contributed by atoms with Crippen molar-refractivity contribution >= 4 is 34.9 Å². The predicted molar refractivity (Wildman–Crippen MR) is 89.8 cm³/mol. The molecule has 28 heavy (non-hydrogen) atoms. The van der Waals surface area contributed by atoms with E-state index in [1.54, 1.807) is 11.6 Å². The molecular weight excluding hydrogens is 374 g/mol. The Morgan fingerprint density at radius 3 is 2.57 bits per heavy atom. The maximum Gasteiger partial charge on any atom is 0.350 e. The van der Waals surface area contributed by atoms with Crippen LogP contribution in [0.25, 0.3) is 11.2 Å². The lowest BCUT2D eigenvalue weighted by atomic mass is 10.1. The molecule has 1 N–H and O–H groups in total. The molecule has 0 aromatic carbocycles. The van der Waals surface area contributed by atoms with Crippen LogP contribution in [0.1, 0.15) is 20.1 Å². The van der Waals surface area contributed by atoms with Crippen molar-refractivity contribution in [1.29, 1.82) is 0 Å². The third-order valence-corrected chi connectivity index (χ3v) is 4.47. The number of imidazole rings is 1. The number of nitrogens with zero attached hydrogens (tertiary/aromatic N) is 4. The van der Waals surface area contributed by atoms with Crippen molar-refractivity contribution in [3.63, 3.8) is 0 Å². The van der Waals surface area contributed by atoms with Crippen LogP contribution in [-0.2, 0) is 33.3 Å². The fourth-order valence-corrected chi connectivity index (χ4v) is 3.43. The molecule has 0 amide bonds. The number of hydrogen-bond acceptors (Lipinski definition) is 11. The molecule has 0 spiro atoms. The van der Waals surface area contributed by atoms with Crippen molar-refractivity contribution in [3.05, 3.63) is 12.7 Å². The minimum absolute atomic E-state index is 0.428. The molecule has 0 saturated carbocycles. The smallest absolute Gasteiger partial charge is 0.350 e. The highest BCUT2D eigenvalue weighted by atomic mass is 16.7. The number of nitrogens with one attached hydrogen (secondary N) is 1. The van der Waals surface area contributed by atoms with E-state index >= 15 is 0 Å². The van der Waals surface area contributed by atoms with Crippen molar-refractivity contribution in [3.8, 4) is 0 Å². The summed E-state index contributed by atoms with van der Waals surface area (Å²) in [6.45, 7) is 2.41. The van der Waals surface area contributed by atoms with Crippen molar-refractivity contribution in [2.75, 3.05) is 12.4 Å². The van der Waals surface area contributed by atoms with E-state index in [1.165, 1.54) is 26.5 Å². The Morgan fingerprint density at radius 2 is 1.89 bits per heavy atom. The summed E-state index contributed by atoms with van der Waals surface area (Å²) in [6.07, 6.45) is -2.17. The summed E-state index contributed by atoms with van der Waals surface area (Å²) in [7, 11) is 1.70. The molecule has 2 saturated heterocycles. The monoisotopic (exact) mass is 391 g/mol. The number of carbonyl (C=O) groups excluding carboxylic acids is 3. The zero-order valence-electron chi connectivity index (χ0n) is 15.2. The van der Waals surface area contributed by atoms with Gasteiger partial charge in [0.15, 0.2) is 29.9 Å². The van der Waals surface area contributed by atoms with Gasteiger partial charge in [-0.15, -0.1) is 0 Å². The highest BCUT2D eigenvalue weighted by Crippen LogP contribution is 2.41. The molecule has 2 fully saturated rings. The lowest BCUT2D eigenvalue weighted by Gasteiger charge is -2.22. The number of ether oxygens (including phenoxy) is 4. The maximum absolute atomic E-state index is 12.1. The Morgan fingerprint density at radius 1 is 1.14 bits per heavy atom. The van der Waals surface area contributed by atoms with Crippen LogP contribution >= 0.6 is 0 Å². The molecule has 2 aromatic heterocycles. The van der Waals surface area contributed by atoms with Crippen LogP contribution in [-0.4, -0.2) is 68.9 Å². The highest BCUT2D eigenvalue weighted by Gasteiger charge is 2.61. The summed E-state index contributed by atoms with van der Waals surface area (Å²) in [5.41, 5.74) is 0.914. The molecule has 4 heterocycles. The second-order valence-corrected chi connectivity index (χ2v) is 6.29. The van der Waals surface area contributed by atoms with Crippen LogP contribution in [0.2, 0.25) is 0 Å². The van der Waals surface area contributed by atoms with Gasteiger partial charge in [0.1, 0.15) is 17.9 Å². The first-order chi connectivity index (χ1) is 13.4. The lowest BCUT2D eigenvalue weighted by Crippen LogP contribution is -2.36. The largest absolute Gasteiger partial charge is 0.454 e. The van der Waals surface area contributed by atoms with Crippen LogP contribution in [0.4, 0.5) is 5.82 Å². The fraction of sp³-hybridized carbons (Fsp3) is 0.500. The van der Waals surface area contributed by atoms with Gasteiger partial charge in [0.25, 0.3) is 0 Å². The first-order valence-electron chi connectivity index (χ1n) is 8.46. The zero-order chi connectivity index (χ0) is 20.0. The molecule has 0 aliphatic carbocycles. The summed E-state index contributed by atoms with van der Waals surface area (Å²) < 4.78 is 23.2. The fourth-order valence-electron chi connectivity index (χ4n) is 3.43. The number of aromatic nitrogens is 4. The van der Waals surface area contributed by atoms with Gasteiger partial charge in [-0.2, -0.15) is 0 Å². The second kappa shape index (κ2) is 6.71. The maximum atomic E-state index is 12.1. The van der Waals surface area contributed by atoms with E-state index in [2.05, 4.69) is 20.3 Å². The molecule has 2 aromatic rings. The molecule has 4 rings (SSSR count). The molecule has 2 aliphatic rings. The quantitative estimate of drug-likeness (QED) is 0.534. The molecular formula is C16H17N5O7. The van der Waals surface area contributed by atoms with E-state index in [0.29, 0.717) is 17.0 Å². The molecule has 12 nitrogen and oxygen atoms in total. The number of rotatable bonds is 4. The zero-order valence-corrected chi connectivity index (χ0v) is 15.2. The SMILES string of the molecule is CNc1ncnc2c1ncn2[C@H]1O[C@H]2[C@H](OC(=O)[C@H]2OC(C)=O)[C@@H]1OC(C)=O. The van der Waals surface area contributed by atoms with Gasteiger partial charge >= 0.3 is 17.9 Å². The van der Waals surface area contributed by atoms with Gasteiger partial charge in [0, 0.05) is 20.9 Å². The lowest BCUT2D eigenvalue weighted by molar-refractivity contribution is -0.174. The van der Waals surface area contributed by atoms with E-state index < -0.39 is 48.6 Å². The molecule has 0 unspecified atom stereocenters. The van der Waals surface area contributed by atoms with Crippen molar-refractivity contribution in [2.45, 2.75) is 44.5 Å². The molecule has 0 bridgehead atoms. The van der Waals surface area contributed by atoms with E-state index in [4.69, 9.17) is 18.9 Å². The summed E-state index contributed by atoms with van der Waals surface area (Å²) in [5, 5.41) is 2.91. The minimum atomic E-state index is -1.25. The number of fused-ring (bicyclic) bond motifs is 2. The van der Waals surface area contributed by atoms with Gasteiger partial charge in [0.05, 0.1) is 6.33 Å². The Hall–Kier alpha value is -3.28. The van der Waals surface area contributed by atoms with Gasteiger partial charge in [-0.1, -0.05) is 0 Å². The number of carbonyl (C=O) groups is 3. The topological polar surface area (TPSA) is 144 Å². The van der Waals surface area contributed by atoms with Crippen LogP contribution in [0, 0.1) is 0 Å². The van der Waals surface area contributed by atoms with Crippen LogP contribution in [0.5, 0.6) is 0 Å². The Bertz CT molecular complexity index is 960. The average molecular weight is 391 g/mol. The standard InChI is InChI=1S/C16H17N5O7/c1-6(22)25-11-9-10(12(16(24)28-9)26-7(2)23)27-15(11)21-5-20-8-13(17-3)18-4-19-14(8)21/h4-5,9-12,15H,1-3H3,(H,17,18,19)/t9-,10-,11-,12-,15-/m0/s1. The number of esters is 3. The molecule has 0 radical (unpaired) electrons. The first kappa shape index (κ1) is 18.1. The molecule has 2 aliphatic heterocycles. The van der Waals surface area contributed by atoms with E-state index in [1.807, 2.05) is 0 Å². The highest BCUT2D eigenvalue weighted by molar-refractivity contribution is 5.83. The molecule has 5 atom stereocenters. The van der Waals surface area contributed by atoms with Gasteiger partial charge in [-0.3, -0.25) is 14.2 Å². The normalized spacial score (nSPS) is 28.7. The van der Waals surface area contributed by atoms with E-state index in [9.17, 15) is 14.4 Å². The van der Waals surface area contributed by atoms with Crippen molar-refractivity contribution in [1.82, 2.24) is 19.5 Å². The van der Waals surface area contributed by atoms with E-state index in [-0.39, 0.29) is 0 Å². The predicted octanol–water partition coefficient (Wildman–Crippen LogP) is -0.446. The summed E-state index contributed by atoms with van der Waals surface area (Å²) in [6, 6.07) is 0. The third kappa shape index (κ3) is 2.81. The summed E-state index contributed by atoms with van der Waals surface area (Å²) in [5.74, 6) is -1.48. The van der Waals surface area contributed by atoms with Crippen LogP contribution < -0.4 is 5.32 Å². The van der Waals surface area contributed by atoms with Crippen LogP contribution in [0.3, 0.4) is 0 Å². The van der Waals surface area contributed by atoms with E-state index in [0.717, 1.165) is 0 Å². The molecule has 148 valence electrons. The summed E-state index contributed by atoms with van der Waals surface area (Å²) in [4.78, 5) is 47.7. The Kier molecular flexibility index (Phi) is 4.34. The Labute approximate surface area is 158 Å². The number of hydrogen-bond donors (Lipinski definition) is 1. The van der Waals surface area contributed by atoms with Gasteiger partial charge < -0.3 is 24.3 Å². The average Bonchev–Trinajstić information content (AvgIpc) is 3.29. The second-order valence-electron chi connectivity index (χ2n) is 6.29. The van der Waals surface area contributed by atoms with Crippen molar-refractivity contribution < 1.29 is 33.3 Å². The summed E-state index contributed by atoms with van der Waals surface area (Å²) >= 11 is 0. The third-order valence-electron chi connectivity index (χ3n) is 4.47. The minimum Gasteiger partial charge on any atom is -0.454 e. The number of anilines is 1. The van der Waals surface area contributed by atoms with Crippen LogP contribution in [0.15, 0.2) is 12.7 Å². The van der Waals surface area contributed by atoms with Gasteiger partial charge in [-0.05, 0) is 0 Å². The van der Waals surface area contributed by atoms with Gasteiger partial charge in [-0.25, -0.2) is 19.7 Å². The molecule has 12 heteroatoms.